The van der Waals surface area contributed by atoms with Gasteiger partial charge < -0.3 is 163 Å². The number of aliphatic hydroxyl groups excluding tert-OH is 16. The van der Waals surface area contributed by atoms with Crippen LogP contribution in [-0.2, 0) is 57.0 Å². The van der Waals surface area contributed by atoms with E-state index in [-0.39, 0.29) is 0 Å². The Bertz CT molecular complexity index is 1710. The molecule has 6 saturated heterocycles. The van der Waals surface area contributed by atoms with E-state index >= 15 is 0 Å². The second kappa shape index (κ2) is 25.0. The maximum absolute atomic E-state index is 14.1. The van der Waals surface area contributed by atoms with E-state index in [1.54, 1.807) is 0 Å². The first-order chi connectivity index (χ1) is 34.8. The van der Waals surface area contributed by atoms with E-state index in [0.29, 0.717) is 0 Å². The molecule has 0 aromatic carbocycles. The van der Waals surface area contributed by atoms with Crippen LogP contribution in [0.1, 0.15) is 12.8 Å². The highest BCUT2D eigenvalue weighted by molar-refractivity contribution is 5.95. The van der Waals surface area contributed by atoms with Gasteiger partial charge >= 0.3 is 0 Å². The van der Waals surface area contributed by atoms with E-state index in [9.17, 15) is 91.3 Å². The second-order valence-electron chi connectivity index (χ2n) is 19.1. The average molecular weight is 1090 g/mol. The lowest BCUT2D eigenvalue weighted by atomic mass is 9.78. The molecule has 430 valence electrons. The maximum Gasteiger partial charge on any atom is 0.180 e. The smallest absolute Gasteiger partial charge is 0.180 e. The molecule has 34 heteroatoms. The van der Waals surface area contributed by atoms with Gasteiger partial charge in [-0.2, -0.15) is 0 Å². The molecular formula is C40H72N6O28. The molecule has 34 nitrogen and oxygen atoms in total. The minimum absolute atomic E-state index is 0.795. The van der Waals surface area contributed by atoms with Crippen LogP contribution >= 0.6 is 0 Å². The monoisotopic (exact) mass is 1080 g/mol. The highest BCUT2D eigenvalue weighted by atomic mass is 16.8. The van der Waals surface area contributed by atoms with Gasteiger partial charge in [0, 0.05) is 12.8 Å². The van der Waals surface area contributed by atoms with E-state index < -0.39 is 247 Å². The highest BCUT2D eigenvalue weighted by Gasteiger charge is 2.62. The zero-order chi connectivity index (χ0) is 55.0. The van der Waals surface area contributed by atoms with E-state index in [1.165, 1.54) is 0 Å². The summed E-state index contributed by atoms with van der Waals surface area (Å²) in [6.45, 7) is -6.43. The predicted molar refractivity (Wildman–Crippen MR) is 231 cm³/mol. The molecule has 74 heavy (non-hydrogen) atoms. The first-order valence-corrected chi connectivity index (χ1v) is 23.5. The van der Waals surface area contributed by atoms with Crippen molar-refractivity contribution in [3.63, 3.8) is 0 Å². The fourth-order valence-corrected chi connectivity index (χ4v) is 9.71. The molecule has 6 heterocycles. The topological polar surface area (TPSA) is 606 Å². The summed E-state index contributed by atoms with van der Waals surface area (Å²) in [7, 11) is 0. The second-order valence-corrected chi connectivity index (χ2v) is 19.1. The Morgan fingerprint density at radius 3 is 0.919 bits per heavy atom. The van der Waals surface area contributed by atoms with E-state index in [1.807, 2.05) is 0 Å². The van der Waals surface area contributed by atoms with Gasteiger partial charge in [0.25, 0.3) is 0 Å². The number of hydrogen-bond donors (Lipinski definition) is 22. The molecular weight excluding hydrogens is 1010 g/mol. The third-order valence-electron chi connectivity index (χ3n) is 14.5. The first-order valence-electron chi connectivity index (χ1n) is 23.5. The van der Waals surface area contributed by atoms with Crippen molar-refractivity contribution in [2.75, 3.05) is 39.6 Å². The van der Waals surface area contributed by atoms with E-state index in [2.05, 4.69) is 0 Å². The number of rotatable bonds is 19. The normalized spacial score (nSPS) is 51.4. The quantitative estimate of drug-likeness (QED) is 0.0571. The van der Waals surface area contributed by atoms with Gasteiger partial charge in [0.05, 0.1) is 75.9 Å². The lowest BCUT2D eigenvalue weighted by molar-refractivity contribution is -0.356. The zero-order valence-corrected chi connectivity index (χ0v) is 39.3. The minimum atomic E-state index is -2.90. The minimum Gasteiger partial charge on any atom is -0.394 e. The van der Waals surface area contributed by atoms with Crippen molar-refractivity contribution in [1.29, 1.82) is 0 Å². The van der Waals surface area contributed by atoms with Crippen LogP contribution in [0.5, 0.6) is 0 Å². The molecule has 0 radical (unpaired) electrons. The van der Waals surface area contributed by atoms with Crippen LogP contribution in [0.15, 0.2) is 0 Å². The van der Waals surface area contributed by atoms with Crippen molar-refractivity contribution in [3.05, 3.63) is 0 Å². The third-order valence-corrected chi connectivity index (χ3v) is 14.5. The van der Waals surface area contributed by atoms with Gasteiger partial charge in [-0.3, -0.25) is 9.59 Å². The number of carbonyl (C=O) groups is 2. The van der Waals surface area contributed by atoms with Gasteiger partial charge in [0.1, 0.15) is 97.7 Å². The Balaban J connectivity index is 1.14. The predicted octanol–water partition coefficient (Wildman–Crippen LogP) is -15.7. The first kappa shape index (κ1) is 61.3. The summed E-state index contributed by atoms with van der Waals surface area (Å²) < 4.78 is 56.3. The standard InChI is InChI=1S/C40H72N6O28/c41-15-21(55)27(9(3-47)65-33(15)63)69-35-17(43)23(57)29(11(5-49)67-35)71-37-19(45)25(59)31(61)39(7-51,73-37)13(53)1-2-14(54)40(8-52)32(62)26(60)20(46)38(74-40)72-30-12(6-50)68-36(18(44)24(30)58)70-28-10(4-48)66-34(64)16(42)22(28)56/h9-12,15-38,47-52,55-64H,1-8,41-46H2/t9-,10-,11-,12-,15-,16-,17-,18-,19-,20-,21-,22-,23-,24-,25-,26-,27?,28?,29?,30?,31+,32+,33-,34-,35+,36+,37+,38+,39+,40+/m1/s1. The molecule has 0 amide bonds. The number of ether oxygens (including phenoxy) is 10. The summed E-state index contributed by atoms with van der Waals surface area (Å²) in [6, 6.07) is -9.72. The number of ketones is 2. The summed E-state index contributed by atoms with van der Waals surface area (Å²) in [4.78, 5) is 28.2. The van der Waals surface area contributed by atoms with Crippen LogP contribution < -0.4 is 34.4 Å². The van der Waals surface area contributed by atoms with Crippen molar-refractivity contribution < 1.29 is 139 Å². The molecule has 0 bridgehead atoms. The molecule has 30 atom stereocenters. The molecule has 6 rings (SSSR count). The van der Waals surface area contributed by atoms with Gasteiger partial charge in [-0.15, -0.1) is 0 Å². The number of nitrogens with two attached hydrogens (primary N) is 6. The summed E-state index contributed by atoms with van der Waals surface area (Å²) in [6.07, 6.45) is -41.9. The Hall–Kier alpha value is -1.94. The maximum atomic E-state index is 14.1. The van der Waals surface area contributed by atoms with Crippen LogP contribution in [0, 0.1) is 0 Å². The number of Topliss-reactive ketones (excluding diaryl/α,β-unsaturated/α-hetero) is 2. The molecule has 28 N–H and O–H groups in total. The fraction of sp³-hybridized carbons (Fsp3) is 0.950. The SMILES string of the molecule is N[C@H]1[C@@H](OC2[C@@H](CO)O[C@@H](OC3[C@@H](CO)O[C@@H](O)[C@H](N)[C@H]3O)[C@H](N)[C@H]2O)O[C@@](CO)(C(=O)CCC(=O)[C@]2(CO)O[C@H](OC3[C@@H](CO)O[C@@H](OC4[C@@H](CO)O[C@@H](O)[C@H](N)[C@H]4O)[C@H](N)[C@H]3O)[C@H](N)[C@@H](O)[C@@H]2O)[C@@H](O)[C@@H]1O. The van der Waals surface area contributed by atoms with Gasteiger partial charge in [-0.25, -0.2) is 0 Å². The Labute approximate surface area is 419 Å². The molecule has 6 fully saturated rings. The van der Waals surface area contributed by atoms with Gasteiger partial charge in [-0.1, -0.05) is 0 Å². The third kappa shape index (κ3) is 11.4. The van der Waals surface area contributed by atoms with Gasteiger partial charge in [0.15, 0.2) is 60.5 Å². The lowest BCUT2D eigenvalue weighted by Crippen LogP contribution is -2.73. The van der Waals surface area contributed by atoms with Crippen LogP contribution in [0.4, 0.5) is 0 Å². The van der Waals surface area contributed by atoms with Gasteiger partial charge in [0.2, 0.25) is 0 Å². The summed E-state index contributed by atoms with van der Waals surface area (Å²) >= 11 is 0. The number of carbonyl (C=O) groups excluding carboxylic acids is 2. The van der Waals surface area contributed by atoms with Crippen molar-refractivity contribution >= 4 is 11.6 Å². The molecule has 6 aliphatic rings. The van der Waals surface area contributed by atoms with Crippen LogP contribution in [-0.4, -0.2) is 316 Å². The molecule has 0 spiro atoms. The molecule has 0 aromatic rings. The Kier molecular flexibility index (Phi) is 20.7. The summed E-state index contributed by atoms with van der Waals surface area (Å²) in [5.41, 5.74) is 30.4. The number of hydrogen-bond acceptors (Lipinski definition) is 34. The largest absolute Gasteiger partial charge is 0.394 e. The Morgan fingerprint density at radius 2 is 0.635 bits per heavy atom. The highest BCUT2D eigenvalue weighted by Crippen LogP contribution is 2.39. The molecule has 6 aliphatic heterocycles. The molecule has 0 aromatic heterocycles. The zero-order valence-electron chi connectivity index (χ0n) is 39.3. The van der Waals surface area contributed by atoms with Crippen molar-refractivity contribution in [1.82, 2.24) is 0 Å². The summed E-state index contributed by atoms with van der Waals surface area (Å²) in [5, 5.41) is 170. The van der Waals surface area contributed by atoms with Crippen molar-refractivity contribution in [2.24, 2.45) is 34.4 Å². The number of aliphatic hydroxyl groups is 16. The van der Waals surface area contributed by atoms with Crippen molar-refractivity contribution in [3.8, 4) is 0 Å². The van der Waals surface area contributed by atoms with Crippen LogP contribution in [0.25, 0.3) is 0 Å². The average Bonchev–Trinajstić information content (AvgIpc) is 3.39. The molecule has 4 unspecified atom stereocenters. The Morgan fingerprint density at radius 1 is 0.378 bits per heavy atom. The lowest BCUT2D eigenvalue weighted by Gasteiger charge is -2.51. The molecule has 0 saturated carbocycles. The summed E-state index contributed by atoms with van der Waals surface area (Å²) in [5.74, 6) is -2.70. The fourth-order valence-electron chi connectivity index (χ4n) is 9.71. The molecule has 0 aliphatic carbocycles. The van der Waals surface area contributed by atoms with E-state index in [4.69, 9.17) is 81.8 Å². The van der Waals surface area contributed by atoms with Crippen molar-refractivity contribution in [2.45, 2.75) is 196 Å². The van der Waals surface area contributed by atoms with Crippen LogP contribution in [0.2, 0.25) is 0 Å². The van der Waals surface area contributed by atoms with Gasteiger partial charge in [-0.05, 0) is 0 Å². The van der Waals surface area contributed by atoms with E-state index in [0.717, 1.165) is 0 Å². The van der Waals surface area contributed by atoms with Crippen LogP contribution in [0.3, 0.4) is 0 Å².